The van der Waals surface area contributed by atoms with Crippen molar-refractivity contribution < 1.29 is 0 Å². The maximum atomic E-state index is 9.12. The Morgan fingerprint density at radius 3 is 1.95 bits per heavy atom. The Kier molecular flexibility index (Phi) is 11.0. The zero-order valence-corrected chi connectivity index (χ0v) is 27.8. The van der Waals surface area contributed by atoms with Crippen molar-refractivity contribution in [3.63, 3.8) is 0 Å². The molecule has 4 atom stereocenters. The molecule has 0 radical (unpaired) electrons. The summed E-state index contributed by atoms with van der Waals surface area (Å²) in [6.07, 6.45) is 16.0. The molecule has 0 saturated heterocycles. The van der Waals surface area contributed by atoms with E-state index in [0.717, 1.165) is 47.8 Å². The zero-order valence-electron chi connectivity index (χ0n) is 27.8. The number of nitriles is 1. The molecule has 5 aliphatic rings. The molecule has 0 N–H and O–H groups in total. The summed E-state index contributed by atoms with van der Waals surface area (Å²) in [4.78, 5) is 0. The van der Waals surface area contributed by atoms with Crippen molar-refractivity contribution in [3.8, 4) is 6.07 Å². The van der Waals surface area contributed by atoms with Crippen LogP contribution in [0.4, 0.5) is 0 Å². The highest BCUT2D eigenvalue weighted by atomic mass is 14.6. The molecule has 2 bridgehead atoms. The van der Waals surface area contributed by atoms with Crippen LogP contribution in [-0.4, -0.2) is 0 Å². The first-order valence-electron chi connectivity index (χ1n) is 16.2. The highest BCUT2D eigenvalue weighted by Crippen LogP contribution is 2.61. The minimum atomic E-state index is 0.0884. The maximum absolute atomic E-state index is 9.12. The van der Waals surface area contributed by atoms with Gasteiger partial charge in [0.15, 0.2) is 0 Å². The van der Waals surface area contributed by atoms with Gasteiger partial charge in [-0.15, -0.1) is 0 Å². The first-order chi connectivity index (χ1) is 17.4. The summed E-state index contributed by atoms with van der Waals surface area (Å²) in [5.74, 6) is 4.56. The number of nitrogens with zero attached hydrogens (tertiary/aromatic N) is 1. The zero-order chi connectivity index (χ0) is 29.1. The SMILES string of the molecule is C=C1CCC(C(C)C)CC1C.CC(C)(C)C1=CC(C#N)C(C)(C)CC1.CC1CC2(C(C)C)CCC1(C)CC2. The van der Waals surface area contributed by atoms with Gasteiger partial charge in [0.05, 0.1) is 12.0 Å². The predicted molar refractivity (Wildman–Crippen MR) is 168 cm³/mol. The molecule has 0 amide bonds. The standard InChI is InChI=1S/C13H21N.C13H24.C11H20/c1-12(2,3)10-6-7-13(4,5)11(8-10)9-14;1-10(2)13-7-5-12(4,6-8-13)11(3)9-13;1-8(2)11-6-5-9(3)10(4)7-11/h8,11H,6-7H2,1-5H3;10-11H,5-9H2,1-4H3;8,10-11H,3,5-7H2,1-2,4H3. The molecule has 0 heterocycles. The average molecular weight is 524 g/mol. The summed E-state index contributed by atoms with van der Waals surface area (Å²) in [5, 5.41) is 9.12. The summed E-state index contributed by atoms with van der Waals surface area (Å²) in [7, 11) is 0. The van der Waals surface area contributed by atoms with Crippen LogP contribution in [0.3, 0.4) is 0 Å². The van der Waals surface area contributed by atoms with E-state index in [0.29, 0.717) is 5.41 Å². The summed E-state index contributed by atoms with van der Waals surface area (Å²) in [6.45, 7) is 32.0. The van der Waals surface area contributed by atoms with Gasteiger partial charge in [-0.1, -0.05) is 107 Å². The number of allylic oxidation sites excluding steroid dienone is 3. The molecule has 218 valence electrons. The quantitative estimate of drug-likeness (QED) is 0.330. The first-order valence-corrected chi connectivity index (χ1v) is 16.2. The molecular formula is C37H65N. The van der Waals surface area contributed by atoms with Gasteiger partial charge in [0.2, 0.25) is 0 Å². The van der Waals surface area contributed by atoms with Gasteiger partial charge in [-0.05, 0) is 115 Å². The fourth-order valence-corrected chi connectivity index (χ4v) is 7.61. The highest BCUT2D eigenvalue weighted by Gasteiger charge is 2.51. The summed E-state index contributed by atoms with van der Waals surface area (Å²) in [6, 6.07) is 2.42. The Morgan fingerprint density at radius 2 is 1.53 bits per heavy atom. The maximum Gasteiger partial charge on any atom is 0.0703 e. The van der Waals surface area contributed by atoms with Gasteiger partial charge in [0.25, 0.3) is 0 Å². The number of fused-ring (bicyclic) bond motifs is 3. The second-order valence-corrected chi connectivity index (χ2v) is 16.7. The third kappa shape index (κ3) is 8.01. The van der Waals surface area contributed by atoms with Crippen molar-refractivity contribution in [1.82, 2.24) is 0 Å². The Morgan fingerprint density at radius 1 is 0.947 bits per heavy atom. The lowest BCUT2D eigenvalue weighted by Crippen LogP contribution is -2.47. The molecule has 5 aliphatic carbocycles. The minimum absolute atomic E-state index is 0.0884. The van der Waals surface area contributed by atoms with Crippen LogP contribution in [0.15, 0.2) is 23.8 Å². The number of hydrogen-bond donors (Lipinski definition) is 0. The van der Waals surface area contributed by atoms with Crippen molar-refractivity contribution in [2.24, 2.45) is 57.2 Å². The molecule has 5 rings (SSSR count). The van der Waals surface area contributed by atoms with Crippen LogP contribution >= 0.6 is 0 Å². The number of hydrogen-bond acceptors (Lipinski definition) is 1. The molecule has 1 nitrogen and oxygen atoms in total. The van der Waals surface area contributed by atoms with E-state index in [1.165, 1.54) is 62.5 Å². The van der Waals surface area contributed by atoms with Crippen LogP contribution in [0.1, 0.15) is 147 Å². The van der Waals surface area contributed by atoms with Gasteiger partial charge in [-0.2, -0.15) is 5.26 Å². The lowest BCUT2D eigenvalue weighted by atomic mass is 9.47. The Labute approximate surface area is 239 Å². The van der Waals surface area contributed by atoms with Crippen LogP contribution in [0.2, 0.25) is 0 Å². The normalized spacial score (nSPS) is 36.4. The molecule has 4 saturated carbocycles. The average Bonchev–Trinajstić information content (AvgIpc) is 2.81. The molecule has 38 heavy (non-hydrogen) atoms. The topological polar surface area (TPSA) is 23.8 Å². The van der Waals surface area contributed by atoms with Crippen LogP contribution in [-0.2, 0) is 0 Å². The van der Waals surface area contributed by atoms with Gasteiger partial charge in [-0.3, -0.25) is 0 Å². The second kappa shape index (κ2) is 12.6. The van der Waals surface area contributed by atoms with Crippen molar-refractivity contribution in [3.05, 3.63) is 23.8 Å². The second-order valence-electron chi connectivity index (χ2n) is 16.7. The largest absolute Gasteiger partial charge is 0.198 e. The van der Waals surface area contributed by atoms with Crippen LogP contribution in [0.5, 0.6) is 0 Å². The molecular weight excluding hydrogens is 458 g/mol. The van der Waals surface area contributed by atoms with E-state index < -0.39 is 0 Å². The molecule has 4 fully saturated rings. The van der Waals surface area contributed by atoms with E-state index in [1.807, 2.05) is 0 Å². The summed E-state index contributed by atoms with van der Waals surface area (Å²) < 4.78 is 0. The molecule has 0 aromatic carbocycles. The fraction of sp³-hybridized carbons (Fsp3) is 0.865. The van der Waals surface area contributed by atoms with E-state index in [9.17, 15) is 0 Å². The molecule has 4 unspecified atom stereocenters. The third-order valence-corrected chi connectivity index (χ3v) is 12.0. The van der Waals surface area contributed by atoms with Crippen molar-refractivity contribution in [1.29, 1.82) is 5.26 Å². The van der Waals surface area contributed by atoms with Crippen molar-refractivity contribution >= 4 is 0 Å². The molecule has 1 heteroatoms. The third-order valence-electron chi connectivity index (χ3n) is 12.0. The molecule has 0 spiro atoms. The van der Waals surface area contributed by atoms with Crippen LogP contribution in [0.25, 0.3) is 0 Å². The van der Waals surface area contributed by atoms with Crippen LogP contribution < -0.4 is 0 Å². The van der Waals surface area contributed by atoms with Crippen molar-refractivity contribution in [2.75, 3.05) is 0 Å². The Hall–Kier alpha value is -1.03. The van der Waals surface area contributed by atoms with E-state index in [2.05, 4.69) is 102 Å². The van der Waals surface area contributed by atoms with Gasteiger partial charge >= 0.3 is 0 Å². The van der Waals surface area contributed by atoms with Crippen LogP contribution in [0, 0.1) is 68.5 Å². The lowest BCUT2D eigenvalue weighted by Gasteiger charge is -2.58. The smallest absolute Gasteiger partial charge is 0.0703 e. The van der Waals surface area contributed by atoms with Gasteiger partial charge < -0.3 is 0 Å². The Balaban J connectivity index is 0.000000202. The van der Waals surface area contributed by atoms with E-state index in [1.54, 1.807) is 0 Å². The Bertz CT molecular complexity index is 846. The molecule has 0 aliphatic heterocycles. The van der Waals surface area contributed by atoms with Crippen molar-refractivity contribution in [2.45, 2.75) is 147 Å². The summed E-state index contributed by atoms with van der Waals surface area (Å²) in [5.41, 5.74) is 4.74. The highest BCUT2D eigenvalue weighted by molar-refractivity contribution is 5.22. The number of rotatable bonds is 2. The van der Waals surface area contributed by atoms with E-state index in [-0.39, 0.29) is 16.7 Å². The molecule has 0 aromatic rings. The molecule has 0 aromatic heterocycles. The minimum Gasteiger partial charge on any atom is -0.198 e. The van der Waals surface area contributed by atoms with Gasteiger partial charge in [-0.25, -0.2) is 0 Å². The summed E-state index contributed by atoms with van der Waals surface area (Å²) >= 11 is 0. The fourth-order valence-electron chi connectivity index (χ4n) is 7.61. The van der Waals surface area contributed by atoms with E-state index >= 15 is 0 Å². The van der Waals surface area contributed by atoms with Gasteiger partial charge in [0.1, 0.15) is 0 Å². The van der Waals surface area contributed by atoms with Gasteiger partial charge in [0, 0.05) is 0 Å². The lowest BCUT2D eigenvalue weighted by molar-refractivity contribution is -0.0711. The monoisotopic (exact) mass is 524 g/mol. The van der Waals surface area contributed by atoms with E-state index in [4.69, 9.17) is 5.26 Å². The predicted octanol–water partition coefficient (Wildman–Crippen LogP) is 11.8. The first kappa shape index (κ1) is 33.2.